The molecule has 2 heterocycles. The number of carboxylic acid groups (broad SMARTS) is 1. The van der Waals surface area contributed by atoms with Gasteiger partial charge in [0.1, 0.15) is 5.76 Å². The second-order valence-electron chi connectivity index (χ2n) is 3.80. The van der Waals surface area contributed by atoms with E-state index in [0.717, 1.165) is 4.47 Å². The van der Waals surface area contributed by atoms with E-state index in [-0.39, 0.29) is 11.8 Å². The normalized spacial score (nSPS) is 12.6. The Morgan fingerprint density at radius 3 is 2.89 bits per heavy atom. The molecule has 96 valence electrons. The van der Waals surface area contributed by atoms with Crippen molar-refractivity contribution < 1.29 is 14.3 Å². The first-order valence-corrected chi connectivity index (χ1v) is 7.03. The summed E-state index contributed by atoms with van der Waals surface area (Å²) in [5.74, 6) is -0.453. The number of carboxylic acids is 1. The molecule has 0 saturated carbocycles. The summed E-state index contributed by atoms with van der Waals surface area (Å²) in [5, 5.41) is 14.1. The molecule has 0 radical (unpaired) electrons. The first-order valence-electron chi connectivity index (χ1n) is 5.36. The highest BCUT2D eigenvalue weighted by Crippen LogP contribution is 2.24. The molecule has 0 aliphatic heterocycles. The van der Waals surface area contributed by atoms with E-state index in [9.17, 15) is 4.79 Å². The van der Waals surface area contributed by atoms with E-state index in [0.29, 0.717) is 12.3 Å². The van der Waals surface area contributed by atoms with Crippen molar-refractivity contribution in [1.29, 1.82) is 0 Å². The van der Waals surface area contributed by atoms with Gasteiger partial charge in [0.25, 0.3) is 0 Å². The summed E-state index contributed by atoms with van der Waals surface area (Å²) in [6.45, 7) is 2.65. The van der Waals surface area contributed by atoms with Gasteiger partial charge in [-0.25, -0.2) is 4.79 Å². The van der Waals surface area contributed by atoms with E-state index in [2.05, 4.69) is 21.2 Å². The topological polar surface area (TPSA) is 62.5 Å². The van der Waals surface area contributed by atoms with Crippen LogP contribution in [0.25, 0.3) is 0 Å². The summed E-state index contributed by atoms with van der Waals surface area (Å²) in [6.07, 6.45) is 0. The Bertz CT molecular complexity index is 549. The zero-order chi connectivity index (χ0) is 13.1. The Labute approximate surface area is 117 Å². The minimum Gasteiger partial charge on any atom is -0.475 e. The number of carbonyl (C=O) groups is 1. The molecule has 0 aliphatic carbocycles. The van der Waals surface area contributed by atoms with Gasteiger partial charge in [-0.2, -0.15) is 0 Å². The predicted molar refractivity (Wildman–Crippen MR) is 72.9 cm³/mol. The lowest BCUT2D eigenvalue weighted by molar-refractivity contribution is 0.0659. The minimum atomic E-state index is -1.05. The maximum atomic E-state index is 10.7. The fourth-order valence-corrected chi connectivity index (χ4v) is 2.94. The molecule has 0 aromatic carbocycles. The van der Waals surface area contributed by atoms with Crippen molar-refractivity contribution in [2.45, 2.75) is 19.5 Å². The Hall–Kier alpha value is -1.11. The molecular formula is C12H12BrNO3S. The number of hydrogen-bond acceptors (Lipinski definition) is 4. The molecular weight excluding hydrogens is 318 g/mol. The van der Waals surface area contributed by atoms with Crippen molar-refractivity contribution in [3.8, 4) is 0 Å². The molecule has 0 aliphatic rings. The predicted octanol–water partition coefficient (Wildman–Crippen LogP) is 3.65. The van der Waals surface area contributed by atoms with E-state index in [4.69, 9.17) is 9.52 Å². The van der Waals surface area contributed by atoms with Crippen molar-refractivity contribution in [2.75, 3.05) is 0 Å². The van der Waals surface area contributed by atoms with Crippen LogP contribution in [0.5, 0.6) is 0 Å². The van der Waals surface area contributed by atoms with Crippen molar-refractivity contribution in [3.05, 3.63) is 44.4 Å². The molecule has 6 heteroatoms. The minimum absolute atomic E-state index is 0.0315. The van der Waals surface area contributed by atoms with Crippen molar-refractivity contribution in [2.24, 2.45) is 0 Å². The highest BCUT2D eigenvalue weighted by Gasteiger charge is 2.14. The van der Waals surface area contributed by atoms with E-state index in [1.807, 2.05) is 18.4 Å². The van der Waals surface area contributed by atoms with Gasteiger partial charge in [-0.3, -0.25) is 0 Å². The SMILES string of the molecule is CC(NCc1sccc1Br)c1ccc(C(=O)O)o1. The van der Waals surface area contributed by atoms with Gasteiger partial charge in [0.05, 0.1) is 6.04 Å². The summed E-state index contributed by atoms with van der Waals surface area (Å²) < 4.78 is 6.32. The van der Waals surface area contributed by atoms with Gasteiger partial charge in [-0.05, 0) is 46.4 Å². The van der Waals surface area contributed by atoms with Crippen molar-refractivity contribution in [3.63, 3.8) is 0 Å². The molecule has 0 fully saturated rings. The molecule has 1 unspecified atom stereocenters. The van der Waals surface area contributed by atoms with Gasteiger partial charge >= 0.3 is 5.97 Å². The summed E-state index contributed by atoms with van der Waals surface area (Å²) in [5.41, 5.74) is 0. The Balaban J connectivity index is 1.97. The van der Waals surface area contributed by atoms with Crippen LogP contribution in [-0.2, 0) is 6.54 Å². The third kappa shape index (κ3) is 3.01. The maximum Gasteiger partial charge on any atom is 0.371 e. The fraction of sp³-hybridized carbons (Fsp3) is 0.250. The van der Waals surface area contributed by atoms with E-state index >= 15 is 0 Å². The smallest absolute Gasteiger partial charge is 0.371 e. The number of furan rings is 1. The number of thiophene rings is 1. The van der Waals surface area contributed by atoms with E-state index < -0.39 is 5.97 Å². The largest absolute Gasteiger partial charge is 0.475 e. The molecule has 0 saturated heterocycles. The molecule has 2 N–H and O–H groups in total. The summed E-state index contributed by atoms with van der Waals surface area (Å²) >= 11 is 5.13. The first-order chi connectivity index (χ1) is 8.58. The zero-order valence-electron chi connectivity index (χ0n) is 9.64. The standard InChI is InChI=1S/C12H12BrNO3S/c1-7(9-2-3-10(17-9)12(15)16)14-6-11-8(13)4-5-18-11/h2-5,7,14H,6H2,1H3,(H,15,16). The van der Waals surface area contributed by atoms with Crippen LogP contribution in [0.3, 0.4) is 0 Å². The lowest BCUT2D eigenvalue weighted by Crippen LogP contribution is -2.17. The van der Waals surface area contributed by atoms with Gasteiger partial charge in [-0.15, -0.1) is 11.3 Å². The first kappa shape index (κ1) is 13.3. The van der Waals surface area contributed by atoms with Gasteiger partial charge in [0, 0.05) is 15.9 Å². The summed E-state index contributed by atoms with van der Waals surface area (Å²) in [7, 11) is 0. The van der Waals surface area contributed by atoms with Crippen LogP contribution in [0, 0.1) is 0 Å². The average molecular weight is 330 g/mol. The van der Waals surface area contributed by atoms with Gasteiger partial charge in [0.2, 0.25) is 5.76 Å². The molecule has 4 nitrogen and oxygen atoms in total. The summed E-state index contributed by atoms with van der Waals surface area (Å²) in [6, 6.07) is 5.12. The third-order valence-corrected chi connectivity index (χ3v) is 4.45. The number of rotatable bonds is 5. The molecule has 1 atom stereocenters. The van der Waals surface area contributed by atoms with Crippen LogP contribution < -0.4 is 5.32 Å². The monoisotopic (exact) mass is 329 g/mol. The Kier molecular flexibility index (Phi) is 4.21. The molecule has 0 spiro atoms. The molecule has 18 heavy (non-hydrogen) atoms. The highest BCUT2D eigenvalue weighted by molar-refractivity contribution is 9.10. The van der Waals surface area contributed by atoms with Crippen LogP contribution in [-0.4, -0.2) is 11.1 Å². The Morgan fingerprint density at radius 2 is 2.33 bits per heavy atom. The number of nitrogens with one attached hydrogen (secondary N) is 1. The number of hydrogen-bond donors (Lipinski definition) is 2. The Morgan fingerprint density at radius 1 is 1.56 bits per heavy atom. The molecule has 2 aromatic heterocycles. The summed E-state index contributed by atoms with van der Waals surface area (Å²) in [4.78, 5) is 11.9. The third-order valence-electron chi connectivity index (χ3n) is 2.52. The maximum absolute atomic E-state index is 10.7. The molecule has 0 amide bonds. The quantitative estimate of drug-likeness (QED) is 0.878. The van der Waals surface area contributed by atoms with Crippen LogP contribution in [0.15, 0.2) is 32.5 Å². The van der Waals surface area contributed by atoms with Crippen molar-refractivity contribution in [1.82, 2.24) is 5.32 Å². The lowest BCUT2D eigenvalue weighted by Gasteiger charge is -2.10. The molecule has 0 bridgehead atoms. The van der Waals surface area contributed by atoms with Crippen LogP contribution in [0.1, 0.15) is 34.2 Å². The van der Waals surface area contributed by atoms with E-state index in [1.54, 1.807) is 17.4 Å². The van der Waals surface area contributed by atoms with Crippen LogP contribution in [0.2, 0.25) is 0 Å². The fourth-order valence-electron chi connectivity index (χ4n) is 1.50. The number of aromatic carboxylic acids is 1. The van der Waals surface area contributed by atoms with Gasteiger partial charge < -0.3 is 14.8 Å². The number of halogens is 1. The zero-order valence-corrected chi connectivity index (χ0v) is 12.0. The lowest BCUT2D eigenvalue weighted by atomic mass is 10.2. The van der Waals surface area contributed by atoms with Gasteiger partial charge in [-0.1, -0.05) is 0 Å². The van der Waals surface area contributed by atoms with Gasteiger partial charge in [0.15, 0.2) is 0 Å². The van der Waals surface area contributed by atoms with E-state index in [1.165, 1.54) is 10.9 Å². The van der Waals surface area contributed by atoms with Crippen LogP contribution in [0.4, 0.5) is 0 Å². The van der Waals surface area contributed by atoms with Crippen LogP contribution >= 0.6 is 27.3 Å². The second kappa shape index (κ2) is 5.69. The second-order valence-corrected chi connectivity index (χ2v) is 5.66. The molecule has 2 aromatic rings. The van der Waals surface area contributed by atoms with Crippen molar-refractivity contribution >= 4 is 33.2 Å². The highest BCUT2D eigenvalue weighted by atomic mass is 79.9. The average Bonchev–Trinajstić information content (AvgIpc) is 2.94. The molecule has 2 rings (SSSR count).